The number of hydrogen-bond acceptors (Lipinski definition) is 5. The van der Waals surface area contributed by atoms with Gasteiger partial charge in [-0.2, -0.15) is 0 Å². The average molecular weight is 416 g/mol. The van der Waals surface area contributed by atoms with E-state index in [-0.39, 0.29) is 29.3 Å². The molecular formula is C21H28N4O5. The Kier molecular flexibility index (Phi) is 7.02. The lowest BCUT2D eigenvalue weighted by Gasteiger charge is -2.24. The van der Waals surface area contributed by atoms with E-state index < -0.39 is 11.0 Å². The molecule has 1 unspecified atom stereocenters. The third-order valence-corrected chi connectivity index (χ3v) is 5.91. The fraction of sp³-hybridized carbons (Fsp3) is 0.571. The smallest absolute Gasteiger partial charge is 0.272 e. The summed E-state index contributed by atoms with van der Waals surface area (Å²) in [6.45, 7) is 2.73. The molecule has 9 nitrogen and oxygen atoms in total. The maximum Gasteiger partial charge on any atom is 0.272 e. The van der Waals surface area contributed by atoms with Crippen molar-refractivity contribution in [3.63, 3.8) is 0 Å². The fourth-order valence-electron chi connectivity index (χ4n) is 4.26. The van der Waals surface area contributed by atoms with Gasteiger partial charge in [0.2, 0.25) is 11.8 Å². The van der Waals surface area contributed by atoms with Crippen LogP contribution in [0.4, 0.5) is 5.69 Å². The lowest BCUT2D eigenvalue weighted by molar-refractivity contribution is -0.385. The minimum absolute atomic E-state index is 0.0399. The van der Waals surface area contributed by atoms with Gasteiger partial charge in [-0.25, -0.2) is 0 Å². The molecule has 2 fully saturated rings. The van der Waals surface area contributed by atoms with E-state index in [0.29, 0.717) is 43.6 Å². The molecule has 0 aromatic heterocycles. The van der Waals surface area contributed by atoms with E-state index in [9.17, 15) is 24.5 Å². The number of nitrogens with zero attached hydrogens (tertiary/aromatic N) is 2. The van der Waals surface area contributed by atoms with Crippen molar-refractivity contribution < 1.29 is 19.3 Å². The van der Waals surface area contributed by atoms with Crippen molar-refractivity contribution in [2.45, 2.75) is 51.5 Å². The zero-order chi connectivity index (χ0) is 21.7. The van der Waals surface area contributed by atoms with Crippen LogP contribution in [-0.4, -0.2) is 53.2 Å². The average Bonchev–Trinajstić information content (AvgIpc) is 3.42. The number of nitro groups is 1. The highest BCUT2D eigenvalue weighted by atomic mass is 16.6. The second-order valence-electron chi connectivity index (χ2n) is 7.98. The van der Waals surface area contributed by atoms with Crippen molar-refractivity contribution in [1.82, 2.24) is 15.5 Å². The van der Waals surface area contributed by atoms with Gasteiger partial charge >= 0.3 is 0 Å². The zero-order valence-electron chi connectivity index (χ0n) is 17.2. The molecule has 0 bridgehead atoms. The van der Waals surface area contributed by atoms with Crippen molar-refractivity contribution in [3.05, 3.63) is 39.4 Å². The minimum atomic E-state index is -0.571. The summed E-state index contributed by atoms with van der Waals surface area (Å²) in [5, 5.41) is 16.6. The molecule has 0 radical (unpaired) electrons. The number of carbonyl (C=O) groups excluding carboxylic acids is 3. The summed E-state index contributed by atoms with van der Waals surface area (Å²) < 4.78 is 0. The summed E-state index contributed by atoms with van der Waals surface area (Å²) in [6.07, 6.45) is 5.33. The van der Waals surface area contributed by atoms with E-state index in [2.05, 4.69) is 10.6 Å². The molecule has 1 aliphatic carbocycles. The number of rotatable bonds is 7. The van der Waals surface area contributed by atoms with Gasteiger partial charge in [-0.1, -0.05) is 12.8 Å². The van der Waals surface area contributed by atoms with E-state index in [1.807, 2.05) is 0 Å². The predicted octanol–water partition coefficient (Wildman–Crippen LogP) is 1.93. The Morgan fingerprint density at radius 3 is 2.37 bits per heavy atom. The number of likely N-dealkylation sites (tertiary alicyclic amines) is 1. The van der Waals surface area contributed by atoms with E-state index in [1.165, 1.54) is 23.1 Å². The molecule has 1 saturated carbocycles. The molecular weight excluding hydrogens is 388 g/mol. The molecule has 162 valence electrons. The predicted molar refractivity (Wildman–Crippen MR) is 110 cm³/mol. The molecule has 1 aromatic rings. The maximum atomic E-state index is 12.9. The summed E-state index contributed by atoms with van der Waals surface area (Å²) in [4.78, 5) is 49.5. The molecule has 1 atom stereocenters. The standard InChI is InChI=1S/C21H28N4O5/c1-14-13-16(8-9-17(14)25(29)30)21(28)24-12-4-7-18(24)20(27)23-11-10-22-19(26)15-5-2-3-6-15/h8-9,13,15,18H,2-7,10-12H2,1H3,(H,22,26)(H,23,27). The van der Waals surface area contributed by atoms with E-state index in [0.717, 1.165) is 25.7 Å². The van der Waals surface area contributed by atoms with E-state index in [4.69, 9.17) is 0 Å². The summed E-state index contributed by atoms with van der Waals surface area (Å²) in [5.41, 5.74) is 0.701. The van der Waals surface area contributed by atoms with Crippen molar-refractivity contribution in [2.24, 2.45) is 5.92 Å². The second-order valence-corrected chi connectivity index (χ2v) is 7.98. The number of amides is 3. The van der Waals surface area contributed by atoms with Gasteiger partial charge in [0.1, 0.15) is 6.04 Å². The molecule has 1 aromatic carbocycles. The van der Waals surface area contributed by atoms with Crippen LogP contribution in [0.2, 0.25) is 0 Å². The van der Waals surface area contributed by atoms with Crippen LogP contribution in [0.1, 0.15) is 54.4 Å². The Morgan fingerprint density at radius 2 is 1.73 bits per heavy atom. The highest BCUT2D eigenvalue weighted by molar-refractivity contribution is 5.98. The summed E-state index contributed by atoms with van der Waals surface area (Å²) in [6, 6.07) is 3.67. The van der Waals surface area contributed by atoms with Gasteiger partial charge in [0.15, 0.2) is 0 Å². The molecule has 1 saturated heterocycles. The van der Waals surface area contributed by atoms with Crippen LogP contribution in [0.5, 0.6) is 0 Å². The number of benzene rings is 1. The van der Waals surface area contributed by atoms with Crippen LogP contribution in [0, 0.1) is 23.0 Å². The normalized spacial score (nSPS) is 19.0. The summed E-state index contributed by atoms with van der Waals surface area (Å²) >= 11 is 0. The van der Waals surface area contributed by atoms with Gasteiger partial charge in [-0.05, 0) is 44.7 Å². The number of nitrogens with one attached hydrogen (secondary N) is 2. The Labute approximate surface area is 175 Å². The van der Waals surface area contributed by atoms with Gasteiger partial charge in [0.25, 0.3) is 11.6 Å². The highest BCUT2D eigenvalue weighted by Crippen LogP contribution is 2.25. The summed E-state index contributed by atoms with van der Waals surface area (Å²) in [5.74, 6) is -0.406. The van der Waals surface area contributed by atoms with Crippen LogP contribution < -0.4 is 10.6 Å². The third-order valence-electron chi connectivity index (χ3n) is 5.91. The van der Waals surface area contributed by atoms with Gasteiger partial charge < -0.3 is 15.5 Å². The maximum absolute atomic E-state index is 12.9. The molecule has 9 heteroatoms. The van der Waals surface area contributed by atoms with Crippen molar-refractivity contribution in [1.29, 1.82) is 0 Å². The molecule has 2 aliphatic rings. The van der Waals surface area contributed by atoms with Crippen LogP contribution in [0.3, 0.4) is 0 Å². The number of nitro benzene ring substituents is 1. The molecule has 3 rings (SSSR count). The number of carbonyl (C=O) groups is 3. The number of aryl methyl sites for hydroxylation is 1. The minimum Gasteiger partial charge on any atom is -0.354 e. The van der Waals surface area contributed by atoms with Crippen LogP contribution >= 0.6 is 0 Å². The van der Waals surface area contributed by atoms with Crippen molar-refractivity contribution in [2.75, 3.05) is 19.6 Å². The van der Waals surface area contributed by atoms with Gasteiger partial charge in [0.05, 0.1) is 4.92 Å². The van der Waals surface area contributed by atoms with Gasteiger partial charge in [-0.15, -0.1) is 0 Å². The van der Waals surface area contributed by atoms with Crippen LogP contribution in [-0.2, 0) is 9.59 Å². The highest BCUT2D eigenvalue weighted by Gasteiger charge is 2.34. The lowest BCUT2D eigenvalue weighted by Crippen LogP contribution is -2.47. The monoisotopic (exact) mass is 416 g/mol. The van der Waals surface area contributed by atoms with E-state index in [1.54, 1.807) is 6.92 Å². The first-order valence-corrected chi connectivity index (χ1v) is 10.5. The number of hydrogen-bond donors (Lipinski definition) is 2. The lowest BCUT2D eigenvalue weighted by atomic mass is 10.1. The third kappa shape index (κ3) is 4.95. The van der Waals surface area contributed by atoms with Gasteiger partial charge in [0, 0.05) is 42.7 Å². The Morgan fingerprint density at radius 1 is 1.07 bits per heavy atom. The van der Waals surface area contributed by atoms with Crippen molar-refractivity contribution >= 4 is 23.4 Å². The van der Waals surface area contributed by atoms with Crippen molar-refractivity contribution in [3.8, 4) is 0 Å². The van der Waals surface area contributed by atoms with Crippen LogP contribution in [0.25, 0.3) is 0 Å². The SMILES string of the molecule is Cc1cc(C(=O)N2CCCC2C(=O)NCCNC(=O)C2CCCC2)ccc1[N+](=O)[O-]. The molecule has 30 heavy (non-hydrogen) atoms. The summed E-state index contributed by atoms with van der Waals surface area (Å²) in [7, 11) is 0. The Balaban J connectivity index is 1.52. The molecule has 1 heterocycles. The first kappa shape index (κ1) is 21.7. The van der Waals surface area contributed by atoms with Gasteiger partial charge in [-0.3, -0.25) is 24.5 Å². The Hall–Kier alpha value is -2.97. The molecule has 2 N–H and O–H groups in total. The quantitative estimate of drug-likeness (QED) is 0.400. The van der Waals surface area contributed by atoms with Crippen LogP contribution in [0.15, 0.2) is 18.2 Å². The first-order valence-electron chi connectivity index (χ1n) is 10.5. The molecule has 0 spiro atoms. The zero-order valence-corrected chi connectivity index (χ0v) is 17.2. The topological polar surface area (TPSA) is 122 Å². The molecule has 1 aliphatic heterocycles. The largest absolute Gasteiger partial charge is 0.354 e. The fourth-order valence-corrected chi connectivity index (χ4v) is 4.26. The van der Waals surface area contributed by atoms with E-state index >= 15 is 0 Å². The molecule has 3 amide bonds. The Bertz CT molecular complexity index is 835. The second kappa shape index (κ2) is 9.69. The first-order chi connectivity index (χ1) is 14.4.